The lowest BCUT2D eigenvalue weighted by Crippen LogP contribution is -2.35. The molecule has 2 aliphatic heterocycles. The maximum atomic E-state index is 15.8. The van der Waals surface area contributed by atoms with E-state index in [0.29, 0.717) is 6.54 Å². The molecule has 2 saturated heterocycles. The fraction of sp³-hybridized carbons (Fsp3) is 0.355. The second kappa shape index (κ2) is 14.0. The van der Waals surface area contributed by atoms with Gasteiger partial charge < -0.3 is 45.3 Å². The number of aliphatic hydroxyl groups is 3. The molecule has 53 heavy (non-hydrogen) atoms. The summed E-state index contributed by atoms with van der Waals surface area (Å²) >= 11 is 5.15. The van der Waals surface area contributed by atoms with Gasteiger partial charge in [0.15, 0.2) is 41.3 Å². The summed E-state index contributed by atoms with van der Waals surface area (Å²) in [6.45, 7) is -5.26. The molecule has 0 bridgehead atoms. The molecule has 0 saturated carbocycles. The highest BCUT2D eigenvalue weighted by molar-refractivity contribution is 8.07. The van der Waals surface area contributed by atoms with Crippen molar-refractivity contribution in [2.24, 2.45) is 0 Å². The van der Waals surface area contributed by atoms with Crippen LogP contribution < -0.4 is 16.6 Å². The van der Waals surface area contributed by atoms with Crippen molar-refractivity contribution in [1.82, 2.24) is 39.0 Å². The number of nitrogen functional groups attached to an aromatic ring is 1. The Kier molecular flexibility index (Phi) is 9.39. The Morgan fingerprint density at radius 1 is 0.981 bits per heavy atom. The summed E-state index contributed by atoms with van der Waals surface area (Å²) in [6.07, 6.45) is -8.28. The third-order valence-corrected chi connectivity index (χ3v) is 10.7. The molecular formula is C31H32FN10O9PS. The number of rotatable bonds is 11. The molecular weight excluding hydrogens is 738 g/mol. The quantitative estimate of drug-likeness (QED) is 0.0898. The van der Waals surface area contributed by atoms with Gasteiger partial charge in [-0.3, -0.25) is 23.4 Å². The first kappa shape index (κ1) is 35.5. The molecule has 2 aromatic carbocycles. The number of hydrogen-bond donors (Lipinski definition) is 7. The van der Waals surface area contributed by atoms with E-state index in [0.717, 1.165) is 16.3 Å². The van der Waals surface area contributed by atoms with Crippen LogP contribution in [0.1, 0.15) is 18.0 Å². The lowest BCUT2D eigenvalue weighted by molar-refractivity contribution is -0.0547. The van der Waals surface area contributed by atoms with Gasteiger partial charge in [0.25, 0.3) is 5.56 Å². The van der Waals surface area contributed by atoms with Gasteiger partial charge in [-0.1, -0.05) is 42.5 Å². The van der Waals surface area contributed by atoms with Crippen molar-refractivity contribution in [2.45, 2.75) is 55.7 Å². The predicted molar refractivity (Wildman–Crippen MR) is 188 cm³/mol. The number of hydrogen-bond acceptors (Lipinski definition) is 16. The number of benzene rings is 2. The fourth-order valence-corrected chi connectivity index (χ4v) is 7.95. The van der Waals surface area contributed by atoms with Gasteiger partial charge in [0.2, 0.25) is 5.95 Å². The number of anilines is 2. The third kappa shape index (κ3) is 6.54. The summed E-state index contributed by atoms with van der Waals surface area (Å²) in [5, 5.41) is 37.0. The highest BCUT2D eigenvalue weighted by atomic mass is 32.5. The van der Waals surface area contributed by atoms with Gasteiger partial charge in [-0.2, -0.15) is 4.98 Å². The number of halogens is 1. The van der Waals surface area contributed by atoms with Crippen LogP contribution >= 0.6 is 6.72 Å². The van der Waals surface area contributed by atoms with Crippen molar-refractivity contribution < 1.29 is 43.1 Å². The number of ether oxygens (including phenoxy) is 2. The SMILES string of the molecule is Nc1ncnc2c1ncn2[C@@H]1O[C@H](CO)[C@@H](OP(O)(=S)OC[C@H]2O[C@@H](n3cnc4c(=O)[nH]c(NCc5cccc6ccccc56)nc43)[C@H](O)[C@@H]2O)[C@H]1F. The van der Waals surface area contributed by atoms with Crippen molar-refractivity contribution >= 4 is 63.4 Å². The Bertz CT molecular complexity index is 2410. The fourth-order valence-electron chi connectivity index (χ4n) is 6.52. The van der Waals surface area contributed by atoms with Gasteiger partial charge in [0.1, 0.15) is 42.4 Å². The van der Waals surface area contributed by atoms with Gasteiger partial charge in [0.05, 0.1) is 25.9 Å². The highest BCUT2D eigenvalue weighted by Crippen LogP contribution is 2.50. The number of nitrogens with one attached hydrogen (secondary N) is 2. The third-order valence-electron chi connectivity index (χ3n) is 9.13. The Morgan fingerprint density at radius 3 is 2.53 bits per heavy atom. The zero-order valence-electron chi connectivity index (χ0n) is 27.3. The van der Waals surface area contributed by atoms with Crippen LogP contribution in [-0.2, 0) is 36.9 Å². The smallest absolute Gasteiger partial charge is 0.325 e. The van der Waals surface area contributed by atoms with E-state index in [1.807, 2.05) is 42.5 Å². The number of alkyl halides is 1. The van der Waals surface area contributed by atoms with E-state index < -0.39 is 74.6 Å². The van der Waals surface area contributed by atoms with E-state index in [-0.39, 0.29) is 34.1 Å². The van der Waals surface area contributed by atoms with Crippen LogP contribution in [0.3, 0.4) is 0 Å². The van der Waals surface area contributed by atoms with Crippen LogP contribution in [0.25, 0.3) is 33.1 Å². The van der Waals surface area contributed by atoms with Gasteiger partial charge in [0, 0.05) is 6.54 Å². The topological polar surface area (TPSA) is 263 Å². The molecule has 0 aliphatic carbocycles. The second-order valence-electron chi connectivity index (χ2n) is 12.4. The number of aromatic nitrogens is 8. The first-order chi connectivity index (χ1) is 25.5. The summed E-state index contributed by atoms with van der Waals surface area (Å²) in [5.41, 5.74) is 6.64. The molecule has 0 amide bonds. The Hall–Kier alpha value is -4.54. The van der Waals surface area contributed by atoms with E-state index in [9.17, 15) is 25.0 Å². The lowest BCUT2D eigenvalue weighted by atomic mass is 10.0. The zero-order chi connectivity index (χ0) is 37.0. The van der Waals surface area contributed by atoms with Crippen LogP contribution in [0.5, 0.6) is 0 Å². The molecule has 278 valence electrons. The van der Waals surface area contributed by atoms with Gasteiger partial charge in [-0.05, 0) is 28.1 Å². The minimum absolute atomic E-state index is 0.0409. The van der Waals surface area contributed by atoms with Gasteiger partial charge in [-0.15, -0.1) is 0 Å². The lowest BCUT2D eigenvalue weighted by Gasteiger charge is -2.25. The molecule has 6 aromatic rings. The van der Waals surface area contributed by atoms with Crippen molar-refractivity contribution in [3.05, 3.63) is 77.4 Å². The first-order valence-corrected chi connectivity index (χ1v) is 18.8. The van der Waals surface area contributed by atoms with E-state index in [2.05, 4.69) is 35.2 Å². The average Bonchev–Trinajstić information content (AvgIpc) is 3.91. The van der Waals surface area contributed by atoms with Crippen molar-refractivity contribution in [2.75, 3.05) is 24.3 Å². The van der Waals surface area contributed by atoms with E-state index in [1.165, 1.54) is 28.1 Å². The predicted octanol–water partition coefficient (Wildman–Crippen LogP) is 0.773. The van der Waals surface area contributed by atoms with E-state index >= 15 is 4.39 Å². The summed E-state index contributed by atoms with van der Waals surface area (Å²) in [7, 11) is 0. The number of imidazole rings is 2. The second-order valence-corrected chi connectivity index (χ2v) is 15.2. The van der Waals surface area contributed by atoms with Gasteiger partial charge >= 0.3 is 6.72 Å². The molecule has 9 atom stereocenters. The molecule has 0 spiro atoms. The maximum absolute atomic E-state index is 15.8. The minimum Gasteiger partial charge on any atom is -0.394 e. The summed E-state index contributed by atoms with van der Waals surface area (Å²) < 4.78 is 40.9. The van der Waals surface area contributed by atoms with Crippen molar-refractivity contribution in [3.63, 3.8) is 0 Å². The van der Waals surface area contributed by atoms with Crippen molar-refractivity contribution in [3.8, 4) is 0 Å². The highest BCUT2D eigenvalue weighted by Gasteiger charge is 2.50. The standard InChI is InChI=1S/C31H32FN10O9PS/c32-19-24(17(9-43)49-29(19)41-12-37-20-25(33)35-11-36-26(20)41)51-52(47,53)48-10-18-22(44)23(45)30(50-18)42-13-38-21-27(42)39-31(40-28(21)46)34-8-15-6-3-5-14-4-1-2-7-16(14)15/h1-7,11-13,17-19,22-24,29-30,43-45H,8-10H2,(H,47,53)(H2,33,35,36)(H2,34,39,40,46)/t17-,18-,19-,22-,23-,24-,29-,30-,52?/m1/s1. The molecule has 6 heterocycles. The molecule has 8 rings (SSSR count). The first-order valence-electron chi connectivity index (χ1n) is 16.2. The summed E-state index contributed by atoms with van der Waals surface area (Å²) in [5.74, 6) is 0.199. The number of fused-ring (bicyclic) bond motifs is 3. The average molecular weight is 771 g/mol. The van der Waals surface area contributed by atoms with Crippen LogP contribution in [0.15, 0.2) is 66.2 Å². The molecule has 19 nitrogen and oxygen atoms in total. The molecule has 1 unspecified atom stereocenters. The number of nitrogens with zero attached hydrogens (tertiary/aromatic N) is 7. The molecule has 22 heteroatoms. The Balaban J connectivity index is 0.947. The number of aromatic amines is 1. The zero-order valence-corrected chi connectivity index (χ0v) is 29.0. The van der Waals surface area contributed by atoms with Crippen LogP contribution in [0.4, 0.5) is 16.2 Å². The molecule has 8 N–H and O–H groups in total. The minimum atomic E-state index is -4.29. The van der Waals surface area contributed by atoms with Crippen molar-refractivity contribution in [1.29, 1.82) is 0 Å². The summed E-state index contributed by atoms with van der Waals surface area (Å²) in [6, 6.07) is 13.8. The normalized spacial score (nSPS) is 27.2. The molecule has 4 aromatic heterocycles. The largest absolute Gasteiger partial charge is 0.394 e. The Morgan fingerprint density at radius 2 is 1.72 bits per heavy atom. The van der Waals surface area contributed by atoms with E-state index in [1.54, 1.807) is 0 Å². The number of H-pyrrole nitrogens is 1. The van der Waals surface area contributed by atoms with Crippen LogP contribution in [0, 0.1) is 0 Å². The number of nitrogens with two attached hydrogens (primary N) is 1. The Labute approximate surface area is 302 Å². The van der Waals surface area contributed by atoms with E-state index in [4.69, 9.17) is 36.1 Å². The summed E-state index contributed by atoms with van der Waals surface area (Å²) in [4.78, 5) is 47.2. The van der Waals surface area contributed by atoms with Crippen LogP contribution in [0.2, 0.25) is 0 Å². The van der Waals surface area contributed by atoms with Crippen LogP contribution in [-0.4, -0.2) is 109 Å². The van der Waals surface area contributed by atoms with Gasteiger partial charge in [-0.25, -0.2) is 24.3 Å². The maximum Gasteiger partial charge on any atom is 0.325 e. The monoisotopic (exact) mass is 770 g/mol. The molecule has 2 fully saturated rings. The molecule has 2 aliphatic rings. The number of aliphatic hydroxyl groups excluding tert-OH is 3. The molecule has 0 radical (unpaired) electrons.